The molecule has 0 fully saturated rings. The van der Waals surface area contributed by atoms with E-state index in [2.05, 4.69) is 32.0 Å². The molecule has 2 nitrogen and oxygen atoms in total. The molecule has 0 aliphatic carbocycles. The third kappa shape index (κ3) is 2.33. The van der Waals surface area contributed by atoms with Crippen LogP contribution in [0, 0.1) is 0 Å². The van der Waals surface area contributed by atoms with Crippen molar-refractivity contribution in [3.05, 3.63) is 47.5 Å². The van der Waals surface area contributed by atoms with Gasteiger partial charge in [-0.1, -0.05) is 38.1 Å². The van der Waals surface area contributed by atoms with Gasteiger partial charge in [-0.25, -0.2) is 0 Å². The van der Waals surface area contributed by atoms with E-state index < -0.39 is 0 Å². The first-order valence-electron chi connectivity index (χ1n) is 6.29. The molecule has 2 heteroatoms. The van der Waals surface area contributed by atoms with Gasteiger partial charge in [-0.3, -0.25) is 0 Å². The monoisotopic (exact) mass is 242 g/mol. The smallest absolute Gasteiger partial charge is 0.158 e. The Labute approximate surface area is 108 Å². The van der Waals surface area contributed by atoms with Crippen LogP contribution in [0.3, 0.4) is 0 Å². The summed E-state index contributed by atoms with van der Waals surface area (Å²) in [6, 6.07) is 11.3. The van der Waals surface area contributed by atoms with Gasteiger partial charge in [-0.15, -0.1) is 0 Å². The first-order chi connectivity index (χ1) is 8.65. The number of phenolic OH excluding ortho intramolecular Hbond substituents is 2. The lowest BCUT2D eigenvalue weighted by Crippen LogP contribution is -1.91. The molecule has 2 aromatic carbocycles. The minimum atomic E-state index is -0.0837. The summed E-state index contributed by atoms with van der Waals surface area (Å²) in [6.07, 6.45) is 2.03. The Morgan fingerprint density at radius 3 is 1.94 bits per heavy atom. The van der Waals surface area contributed by atoms with Crippen molar-refractivity contribution in [1.82, 2.24) is 0 Å². The van der Waals surface area contributed by atoms with Crippen LogP contribution in [0.2, 0.25) is 0 Å². The van der Waals surface area contributed by atoms with Crippen molar-refractivity contribution in [3.63, 3.8) is 0 Å². The second kappa shape index (κ2) is 5.13. The molecule has 18 heavy (non-hydrogen) atoms. The van der Waals surface area contributed by atoms with Gasteiger partial charge in [-0.2, -0.15) is 0 Å². The van der Waals surface area contributed by atoms with E-state index in [1.807, 2.05) is 6.07 Å². The summed E-state index contributed by atoms with van der Waals surface area (Å²) in [5.41, 5.74) is 4.69. The highest BCUT2D eigenvalue weighted by molar-refractivity contribution is 5.68. The van der Waals surface area contributed by atoms with E-state index >= 15 is 0 Å². The second-order valence-electron chi connectivity index (χ2n) is 4.39. The Morgan fingerprint density at radius 2 is 1.33 bits per heavy atom. The quantitative estimate of drug-likeness (QED) is 0.802. The normalized spacial score (nSPS) is 10.6. The summed E-state index contributed by atoms with van der Waals surface area (Å²) in [7, 11) is 0. The fourth-order valence-corrected chi connectivity index (χ4v) is 2.18. The van der Waals surface area contributed by atoms with Crippen LogP contribution in [-0.4, -0.2) is 10.2 Å². The molecule has 0 heterocycles. The molecule has 0 aromatic heterocycles. The van der Waals surface area contributed by atoms with Gasteiger partial charge in [0.05, 0.1) is 0 Å². The predicted octanol–water partition coefficient (Wildman–Crippen LogP) is 3.89. The summed E-state index contributed by atoms with van der Waals surface area (Å²) in [5.74, 6) is -0.162. The maximum absolute atomic E-state index is 9.54. The molecule has 0 atom stereocenters. The molecule has 0 aliphatic heterocycles. The minimum absolute atomic E-state index is 0.0786. The van der Waals surface area contributed by atoms with Crippen molar-refractivity contribution in [2.45, 2.75) is 26.7 Å². The first-order valence-corrected chi connectivity index (χ1v) is 6.29. The van der Waals surface area contributed by atoms with Crippen LogP contribution in [-0.2, 0) is 12.8 Å². The maximum atomic E-state index is 9.54. The standard InChI is InChI=1S/C16H18O2/c1-3-11-5-6-13(9-12(11)4-2)14-7-8-15(17)16(18)10-14/h5-10,17-18H,3-4H2,1-2H3. The molecule has 0 saturated carbocycles. The molecule has 0 unspecified atom stereocenters. The fraction of sp³-hybridized carbons (Fsp3) is 0.250. The largest absolute Gasteiger partial charge is 0.504 e. The molecule has 0 aliphatic rings. The molecular weight excluding hydrogens is 224 g/mol. The van der Waals surface area contributed by atoms with E-state index in [9.17, 15) is 10.2 Å². The van der Waals surface area contributed by atoms with Crippen LogP contribution < -0.4 is 0 Å². The third-order valence-electron chi connectivity index (χ3n) is 3.28. The van der Waals surface area contributed by atoms with Crippen LogP contribution in [0.15, 0.2) is 36.4 Å². The van der Waals surface area contributed by atoms with Crippen molar-refractivity contribution < 1.29 is 10.2 Å². The summed E-state index contributed by atoms with van der Waals surface area (Å²) in [5, 5.41) is 18.9. The highest BCUT2D eigenvalue weighted by Crippen LogP contribution is 2.31. The zero-order valence-corrected chi connectivity index (χ0v) is 10.8. The Bertz CT molecular complexity index is 559. The maximum Gasteiger partial charge on any atom is 0.158 e. The number of aryl methyl sites for hydroxylation is 2. The third-order valence-corrected chi connectivity index (χ3v) is 3.28. The number of hydrogen-bond donors (Lipinski definition) is 2. The van der Waals surface area contributed by atoms with Gasteiger partial charge in [0.1, 0.15) is 0 Å². The predicted molar refractivity (Wildman–Crippen MR) is 74.0 cm³/mol. The van der Waals surface area contributed by atoms with Gasteiger partial charge in [0, 0.05) is 0 Å². The van der Waals surface area contributed by atoms with Crippen LogP contribution in [0.4, 0.5) is 0 Å². The lowest BCUT2D eigenvalue weighted by atomic mass is 9.96. The van der Waals surface area contributed by atoms with E-state index in [1.165, 1.54) is 17.2 Å². The van der Waals surface area contributed by atoms with Crippen molar-refractivity contribution in [1.29, 1.82) is 0 Å². The molecule has 0 amide bonds. The van der Waals surface area contributed by atoms with Crippen molar-refractivity contribution >= 4 is 0 Å². The summed E-state index contributed by atoms with van der Waals surface area (Å²) in [4.78, 5) is 0. The van der Waals surface area contributed by atoms with Crippen LogP contribution >= 0.6 is 0 Å². The van der Waals surface area contributed by atoms with Gasteiger partial charge in [0.2, 0.25) is 0 Å². The second-order valence-corrected chi connectivity index (χ2v) is 4.39. The zero-order chi connectivity index (χ0) is 13.1. The van der Waals surface area contributed by atoms with Crippen LogP contribution in [0.1, 0.15) is 25.0 Å². The van der Waals surface area contributed by atoms with Gasteiger partial charge in [0.25, 0.3) is 0 Å². The Balaban J connectivity index is 2.47. The highest BCUT2D eigenvalue weighted by atomic mass is 16.3. The number of benzene rings is 2. The first kappa shape index (κ1) is 12.5. The average Bonchev–Trinajstić information content (AvgIpc) is 2.41. The van der Waals surface area contributed by atoms with Crippen molar-refractivity contribution in [2.75, 3.05) is 0 Å². The van der Waals surface area contributed by atoms with Crippen LogP contribution in [0.25, 0.3) is 11.1 Å². The topological polar surface area (TPSA) is 40.5 Å². The fourth-order valence-electron chi connectivity index (χ4n) is 2.18. The zero-order valence-electron chi connectivity index (χ0n) is 10.8. The molecule has 2 rings (SSSR count). The lowest BCUT2D eigenvalue weighted by Gasteiger charge is -2.10. The summed E-state index contributed by atoms with van der Waals surface area (Å²) >= 11 is 0. The molecule has 2 aromatic rings. The molecular formula is C16H18O2. The number of phenols is 2. The van der Waals surface area contributed by atoms with Gasteiger partial charge >= 0.3 is 0 Å². The molecule has 0 spiro atoms. The van der Waals surface area contributed by atoms with E-state index in [4.69, 9.17) is 0 Å². The lowest BCUT2D eigenvalue weighted by molar-refractivity contribution is 0.404. The number of aromatic hydroxyl groups is 2. The van der Waals surface area contributed by atoms with Crippen molar-refractivity contribution in [2.24, 2.45) is 0 Å². The van der Waals surface area contributed by atoms with Crippen LogP contribution in [0.5, 0.6) is 11.5 Å². The molecule has 0 saturated heterocycles. The Hall–Kier alpha value is -1.96. The van der Waals surface area contributed by atoms with E-state index in [-0.39, 0.29) is 11.5 Å². The SMILES string of the molecule is CCc1ccc(-c2ccc(O)c(O)c2)cc1CC. The summed E-state index contributed by atoms with van der Waals surface area (Å²) < 4.78 is 0. The minimum Gasteiger partial charge on any atom is -0.504 e. The van der Waals surface area contributed by atoms with Gasteiger partial charge < -0.3 is 10.2 Å². The van der Waals surface area contributed by atoms with E-state index in [1.54, 1.807) is 6.07 Å². The van der Waals surface area contributed by atoms with E-state index in [0.717, 1.165) is 24.0 Å². The van der Waals surface area contributed by atoms with Crippen molar-refractivity contribution in [3.8, 4) is 22.6 Å². The van der Waals surface area contributed by atoms with Gasteiger partial charge in [0.15, 0.2) is 11.5 Å². The van der Waals surface area contributed by atoms with Gasteiger partial charge in [-0.05, 0) is 47.2 Å². The number of rotatable bonds is 3. The molecule has 94 valence electrons. The Morgan fingerprint density at radius 1 is 0.722 bits per heavy atom. The molecule has 0 radical (unpaired) electrons. The highest BCUT2D eigenvalue weighted by Gasteiger charge is 2.05. The average molecular weight is 242 g/mol. The van der Waals surface area contributed by atoms with E-state index in [0.29, 0.717) is 0 Å². The Kier molecular flexibility index (Phi) is 3.56. The number of hydrogen-bond acceptors (Lipinski definition) is 2. The molecule has 2 N–H and O–H groups in total. The molecule has 0 bridgehead atoms. The summed E-state index contributed by atoms with van der Waals surface area (Å²) in [6.45, 7) is 4.30.